The van der Waals surface area contributed by atoms with Crippen molar-refractivity contribution in [3.05, 3.63) is 0 Å². The average Bonchev–Trinajstić information content (AvgIpc) is 2.75. The van der Waals surface area contributed by atoms with Crippen molar-refractivity contribution in [2.24, 2.45) is 11.0 Å². The summed E-state index contributed by atoms with van der Waals surface area (Å²) in [5, 5.41) is 6.42. The molecule has 1 N–H and O–H groups in total. The molecule has 0 fully saturated rings. The lowest BCUT2D eigenvalue weighted by atomic mass is 10.0. The van der Waals surface area contributed by atoms with Gasteiger partial charge in [-0.05, 0) is 19.3 Å². The zero-order valence-corrected chi connectivity index (χ0v) is 11.8. The van der Waals surface area contributed by atoms with E-state index >= 15 is 0 Å². The van der Waals surface area contributed by atoms with Crippen LogP contribution in [0.1, 0.15) is 65.7 Å². The van der Waals surface area contributed by atoms with E-state index in [1.165, 1.54) is 50.0 Å². The molecule has 0 saturated carbocycles. The first kappa shape index (κ1) is 13.9. The Morgan fingerprint density at radius 1 is 1.25 bits per heavy atom. The number of unbranched alkanes of at least 4 members (excludes halogenated alkanes) is 2. The summed E-state index contributed by atoms with van der Waals surface area (Å²) >= 11 is 1.97. The Kier molecular flexibility index (Phi) is 6.93. The summed E-state index contributed by atoms with van der Waals surface area (Å²) in [6, 6.07) is 0. The molecule has 0 aromatic carbocycles. The molecule has 0 aliphatic carbocycles. The van der Waals surface area contributed by atoms with E-state index in [9.17, 15) is 0 Å². The lowest BCUT2D eigenvalue weighted by Crippen LogP contribution is -2.15. The molecule has 0 saturated heterocycles. The highest BCUT2D eigenvalue weighted by atomic mass is 32.2. The van der Waals surface area contributed by atoms with Gasteiger partial charge in [-0.15, -0.1) is 0 Å². The number of hydrazone groups is 1. The first-order chi connectivity index (χ1) is 7.81. The second-order valence-electron chi connectivity index (χ2n) is 4.58. The minimum absolute atomic E-state index is 0.549. The molecular weight excluding hydrogens is 216 g/mol. The van der Waals surface area contributed by atoms with Gasteiger partial charge < -0.3 is 0 Å². The van der Waals surface area contributed by atoms with Crippen LogP contribution >= 0.6 is 11.8 Å². The molecule has 94 valence electrons. The molecule has 1 aliphatic heterocycles. The Bertz CT molecular complexity index is 216. The number of rotatable bonds is 8. The van der Waals surface area contributed by atoms with Gasteiger partial charge in [-0.3, -0.25) is 5.43 Å². The Morgan fingerprint density at radius 2 is 2.06 bits per heavy atom. The van der Waals surface area contributed by atoms with Gasteiger partial charge in [-0.25, -0.2) is 0 Å². The molecule has 0 aromatic rings. The van der Waals surface area contributed by atoms with Gasteiger partial charge in [0.15, 0.2) is 0 Å². The summed E-state index contributed by atoms with van der Waals surface area (Å²) in [6.45, 7) is 6.79. The molecule has 0 spiro atoms. The van der Waals surface area contributed by atoms with Crippen LogP contribution in [-0.4, -0.2) is 10.4 Å². The normalized spacial score (nSPS) is 21.7. The second kappa shape index (κ2) is 7.99. The molecule has 16 heavy (non-hydrogen) atoms. The van der Waals surface area contributed by atoms with Crippen molar-refractivity contribution in [1.29, 1.82) is 0 Å². The van der Waals surface area contributed by atoms with E-state index in [0.29, 0.717) is 11.3 Å². The number of nitrogens with one attached hydrogen (secondary N) is 1. The van der Waals surface area contributed by atoms with Crippen LogP contribution in [0, 0.1) is 5.92 Å². The largest absolute Gasteiger partial charge is 0.296 e. The highest BCUT2D eigenvalue weighted by Crippen LogP contribution is 2.29. The fraction of sp³-hybridized carbons (Fsp3) is 0.923. The summed E-state index contributed by atoms with van der Waals surface area (Å²) in [4.78, 5) is 0. The summed E-state index contributed by atoms with van der Waals surface area (Å²) in [5.41, 5.74) is 3.29. The Morgan fingerprint density at radius 3 is 2.69 bits per heavy atom. The zero-order valence-electron chi connectivity index (χ0n) is 11.0. The first-order valence-electron chi connectivity index (χ1n) is 6.81. The van der Waals surface area contributed by atoms with Gasteiger partial charge in [0, 0.05) is 5.92 Å². The smallest absolute Gasteiger partial charge is 0.0982 e. The maximum absolute atomic E-state index is 4.52. The second-order valence-corrected chi connectivity index (χ2v) is 5.80. The number of thioether (sulfide) groups is 1. The topological polar surface area (TPSA) is 24.4 Å². The Labute approximate surface area is 105 Å². The monoisotopic (exact) mass is 242 g/mol. The first-order valence-corrected chi connectivity index (χ1v) is 7.69. The summed E-state index contributed by atoms with van der Waals surface area (Å²) in [5.74, 6) is 0.693. The van der Waals surface area contributed by atoms with E-state index in [1.54, 1.807) is 0 Å². The Balaban J connectivity index is 2.26. The standard InChI is InChI=1S/C13H26N2S/c1-4-7-8-10-12-14-15-13(16-12)11(6-3)9-5-2/h11-12,14H,4-10H2,1-3H3. The molecule has 2 atom stereocenters. The number of nitrogens with zero attached hydrogens (tertiary/aromatic N) is 1. The lowest BCUT2D eigenvalue weighted by molar-refractivity contribution is 0.581. The Hall–Kier alpha value is -0.180. The van der Waals surface area contributed by atoms with E-state index in [2.05, 4.69) is 31.3 Å². The van der Waals surface area contributed by atoms with Crippen LogP contribution in [0.25, 0.3) is 0 Å². The summed E-state index contributed by atoms with van der Waals surface area (Å²) in [6.07, 6.45) is 9.01. The van der Waals surface area contributed by atoms with Crippen molar-refractivity contribution in [1.82, 2.24) is 5.43 Å². The molecule has 1 heterocycles. The quantitative estimate of drug-likeness (QED) is 0.639. The summed E-state index contributed by atoms with van der Waals surface area (Å²) in [7, 11) is 0. The zero-order chi connectivity index (χ0) is 11.8. The molecule has 1 aliphatic rings. The van der Waals surface area contributed by atoms with Crippen molar-refractivity contribution >= 4 is 16.8 Å². The maximum Gasteiger partial charge on any atom is 0.0982 e. The third-order valence-electron chi connectivity index (χ3n) is 3.13. The maximum atomic E-state index is 4.52. The van der Waals surface area contributed by atoms with Crippen LogP contribution in [-0.2, 0) is 0 Å². The number of hydrogen-bond acceptors (Lipinski definition) is 3. The van der Waals surface area contributed by atoms with Gasteiger partial charge in [0.1, 0.15) is 0 Å². The molecule has 1 rings (SSSR count). The fourth-order valence-corrected chi connectivity index (χ4v) is 3.34. The molecular formula is C13H26N2S. The fourth-order valence-electron chi connectivity index (χ4n) is 2.08. The van der Waals surface area contributed by atoms with Crippen molar-refractivity contribution < 1.29 is 0 Å². The summed E-state index contributed by atoms with van der Waals surface area (Å²) < 4.78 is 0. The van der Waals surface area contributed by atoms with Crippen LogP contribution in [0.2, 0.25) is 0 Å². The minimum Gasteiger partial charge on any atom is -0.296 e. The van der Waals surface area contributed by atoms with E-state index in [4.69, 9.17) is 0 Å². The van der Waals surface area contributed by atoms with Crippen molar-refractivity contribution in [2.45, 2.75) is 71.1 Å². The molecule has 0 bridgehead atoms. The van der Waals surface area contributed by atoms with E-state index in [-0.39, 0.29) is 0 Å². The highest BCUT2D eigenvalue weighted by molar-refractivity contribution is 8.14. The average molecular weight is 242 g/mol. The van der Waals surface area contributed by atoms with Crippen LogP contribution in [0.5, 0.6) is 0 Å². The van der Waals surface area contributed by atoms with Crippen molar-refractivity contribution in [3.8, 4) is 0 Å². The predicted octanol–water partition coefficient (Wildman–Crippen LogP) is 4.37. The predicted molar refractivity (Wildman–Crippen MR) is 74.8 cm³/mol. The molecule has 0 amide bonds. The van der Waals surface area contributed by atoms with E-state index in [1.807, 2.05) is 11.8 Å². The molecule has 3 heteroatoms. The lowest BCUT2D eigenvalue weighted by Gasteiger charge is -2.13. The van der Waals surface area contributed by atoms with Gasteiger partial charge in [-0.1, -0.05) is 58.2 Å². The van der Waals surface area contributed by atoms with Crippen LogP contribution in [0.15, 0.2) is 5.10 Å². The third kappa shape index (κ3) is 4.36. The molecule has 2 nitrogen and oxygen atoms in total. The molecule has 0 aromatic heterocycles. The minimum atomic E-state index is 0.549. The van der Waals surface area contributed by atoms with Gasteiger partial charge in [0.05, 0.1) is 10.4 Å². The SMILES string of the molecule is CCCCCC1NN=C(C(CC)CCC)S1. The number of hydrogen-bond donors (Lipinski definition) is 1. The van der Waals surface area contributed by atoms with Crippen LogP contribution in [0.4, 0.5) is 0 Å². The van der Waals surface area contributed by atoms with Gasteiger partial charge >= 0.3 is 0 Å². The van der Waals surface area contributed by atoms with Crippen molar-refractivity contribution in [2.75, 3.05) is 0 Å². The molecule has 2 unspecified atom stereocenters. The van der Waals surface area contributed by atoms with Gasteiger partial charge in [-0.2, -0.15) is 5.10 Å². The van der Waals surface area contributed by atoms with E-state index < -0.39 is 0 Å². The highest BCUT2D eigenvalue weighted by Gasteiger charge is 2.23. The molecule has 0 radical (unpaired) electrons. The van der Waals surface area contributed by atoms with Crippen LogP contribution < -0.4 is 5.43 Å². The van der Waals surface area contributed by atoms with Crippen LogP contribution in [0.3, 0.4) is 0 Å². The van der Waals surface area contributed by atoms with Crippen molar-refractivity contribution in [3.63, 3.8) is 0 Å². The van der Waals surface area contributed by atoms with E-state index in [0.717, 1.165) is 0 Å². The third-order valence-corrected chi connectivity index (χ3v) is 4.42. The van der Waals surface area contributed by atoms with Gasteiger partial charge in [0.25, 0.3) is 0 Å². The van der Waals surface area contributed by atoms with Gasteiger partial charge in [0.2, 0.25) is 0 Å².